The van der Waals surface area contributed by atoms with Crippen LogP contribution in [0.1, 0.15) is 17.3 Å². The molecule has 0 fully saturated rings. The Morgan fingerprint density at radius 1 is 1.12 bits per heavy atom. The first kappa shape index (κ1) is 18.3. The van der Waals surface area contributed by atoms with Gasteiger partial charge in [0, 0.05) is 31.0 Å². The summed E-state index contributed by atoms with van der Waals surface area (Å²) in [7, 11) is 3.30. The van der Waals surface area contributed by atoms with Crippen molar-refractivity contribution in [3.63, 3.8) is 0 Å². The number of nitrogens with one attached hydrogen (secondary N) is 2. The van der Waals surface area contributed by atoms with Crippen LogP contribution in [-0.4, -0.2) is 38.7 Å². The average molecular weight is 341 g/mol. The average Bonchev–Trinajstić information content (AvgIpc) is 2.65. The summed E-state index contributed by atoms with van der Waals surface area (Å²) in [5.41, 5.74) is 2.00. The molecule has 0 unspecified atom stereocenters. The van der Waals surface area contributed by atoms with Crippen LogP contribution in [0.2, 0.25) is 0 Å². The smallest absolute Gasteiger partial charge is 0.337 e. The number of hydrogen-bond donors (Lipinski definition) is 2. The van der Waals surface area contributed by atoms with E-state index in [9.17, 15) is 9.59 Å². The molecule has 2 aromatic carbocycles. The van der Waals surface area contributed by atoms with Crippen LogP contribution in [0, 0.1) is 0 Å². The molecule has 1 atom stereocenters. The Labute approximate surface area is 147 Å². The van der Waals surface area contributed by atoms with Crippen molar-refractivity contribution >= 4 is 23.4 Å². The van der Waals surface area contributed by atoms with Crippen molar-refractivity contribution in [2.75, 3.05) is 30.9 Å². The van der Waals surface area contributed by atoms with Gasteiger partial charge in [-0.1, -0.05) is 24.3 Å². The lowest BCUT2D eigenvalue weighted by Gasteiger charge is -2.27. The van der Waals surface area contributed by atoms with Gasteiger partial charge < -0.3 is 20.3 Å². The predicted molar refractivity (Wildman–Crippen MR) is 99.1 cm³/mol. The van der Waals surface area contributed by atoms with Gasteiger partial charge in [-0.05, 0) is 37.3 Å². The van der Waals surface area contributed by atoms with E-state index in [1.54, 1.807) is 24.3 Å². The Balaban J connectivity index is 1.87. The number of rotatable bonds is 6. The minimum absolute atomic E-state index is 0.120. The van der Waals surface area contributed by atoms with E-state index in [1.165, 1.54) is 7.11 Å². The number of ether oxygens (including phenoxy) is 1. The van der Waals surface area contributed by atoms with Crippen LogP contribution in [0.5, 0.6) is 0 Å². The fourth-order valence-corrected chi connectivity index (χ4v) is 2.31. The van der Waals surface area contributed by atoms with E-state index < -0.39 is 5.97 Å². The summed E-state index contributed by atoms with van der Waals surface area (Å²) in [5, 5.41) is 5.56. The molecule has 2 amide bonds. The van der Waals surface area contributed by atoms with Crippen molar-refractivity contribution < 1.29 is 14.3 Å². The number of carbonyl (C=O) groups is 2. The molecule has 0 heterocycles. The largest absolute Gasteiger partial charge is 0.465 e. The van der Waals surface area contributed by atoms with Crippen molar-refractivity contribution in [1.29, 1.82) is 0 Å². The first-order chi connectivity index (χ1) is 12.0. The standard InChI is InChI=1S/C19H23N3O3/c1-14(22(2)17-10-5-4-6-11-17)13-20-19(24)21-16-9-7-8-15(12-16)18(23)25-3/h4-12,14H,13H2,1-3H3,(H2,20,21,24)/t14-/m1/s1. The third-order valence-corrected chi connectivity index (χ3v) is 3.92. The van der Waals surface area contributed by atoms with E-state index in [4.69, 9.17) is 0 Å². The molecule has 2 N–H and O–H groups in total. The molecular formula is C19H23N3O3. The molecule has 0 aliphatic carbocycles. The van der Waals surface area contributed by atoms with Crippen molar-refractivity contribution in [3.8, 4) is 0 Å². The zero-order valence-corrected chi connectivity index (χ0v) is 14.7. The number of para-hydroxylation sites is 1. The monoisotopic (exact) mass is 341 g/mol. The molecule has 0 aliphatic rings. The number of likely N-dealkylation sites (N-methyl/N-ethyl adjacent to an activating group) is 1. The van der Waals surface area contributed by atoms with Crippen molar-refractivity contribution in [3.05, 3.63) is 60.2 Å². The minimum atomic E-state index is -0.442. The fourth-order valence-electron chi connectivity index (χ4n) is 2.31. The third-order valence-electron chi connectivity index (χ3n) is 3.92. The quantitative estimate of drug-likeness (QED) is 0.792. The van der Waals surface area contributed by atoms with E-state index in [2.05, 4.69) is 20.3 Å². The number of carbonyl (C=O) groups excluding carboxylic acids is 2. The number of methoxy groups -OCH3 is 1. The van der Waals surface area contributed by atoms with Crippen LogP contribution in [0.3, 0.4) is 0 Å². The van der Waals surface area contributed by atoms with Gasteiger partial charge in [-0.3, -0.25) is 0 Å². The van der Waals surface area contributed by atoms with Gasteiger partial charge in [0.15, 0.2) is 0 Å². The number of anilines is 2. The SMILES string of the molecule is COC(=O)c1cccc(NC(=O)NC[C@@H](C)N(C)c2ccccc2)c1. The Bertz CT molecular complexity index is 719. The summed E-state index contributed by atoms with van der Waals surface area (Å²) in [6.07, 6.45) is 0. The summed E-state index contributed by atoms with van der Waals surface area (Å²) in [5.74, 6) is -0.442. The van der Waals surface area contributed by atoms with Crippen LogP contribution >= 0.6 is 0 Å². The Morgan fingerprint density at radius 2 is 1.84 bits per heavy atom. The molecule has 6 nitrogen and oxygen atoms in total. The molecule has 0 aromatic heterocycles. The minimum Gasteiger partial charge on any atom is -0.465 e. The van der Waals surface area contributed by atoms with Gasteiger partial charge in [-0.15, -0.1) is 0 Å². The highest BCUT2D eigenvalue weighted by Gasteiger charge is 2.12. The lowest BCUT2D eigenvalue weighted by molar-refractivity contribution is 0.0600. The maximum absolute atomic E-state index is 12.1. The van der Waals surface area contributed by atoms with Gasteiger partial charge in [-0.25, -0.2) is 9.59 Å². The summed E-state index contributed by atoms with van der Waals surface area (Å²) >= 11 is 0. The lowest BCUT2D eigenvalue weighted by Crippen LogP contribution is -2.41. The van der Waals surface area contributed by atoms with Crippen molar-refractivity contribution in [2.24, 2.45) is 0 Å². The van der Waals surface area contributed by atoms with E-state index in [0.717, 1.165) is 5.69 Å². The van der Waals surface area contributed by atoms with E-state index >= 15 is 0 Å². The lowest BCUT2D eigenvalue weighted by atomic mass is 10.2. The zero-order chi connectivity index (χ0) is 18.2. The molecule has 0 aliphatic heterocycles. The summed E-state index contributed by atoms with van der Waals surface area (Å²) in [6, 6.07) is 16.4. The second-order valence-corrected chi connectivity index (χ2v) is 5.70. The Morgan fingerprint density at radius 3 is 2.52 bits per heavy atom. The molecule has 25 heavy (non-hydrogen) atoms. The van der Waals surface area contributed by atoms with Crippen LogP contribution in [0.4, 0.5) is 16.2 Å². The molecule has 0 bridgehead atoms. The molecule has 0 saturated carbocycles. The van der Waals surface area contributed by atoms with Gasteiger partial charge in [0.05, 0.1) is 12.7 Å². The van der Waals surface area contributed by atoms with E-state index in [-0.39, 0.29) is 12.1 Å². The first-order valence-corrected chi connectivity index (χ1v) is 8.02. The van der Waals surface area contributed by atoms with Gasteiger partial charge in [0.25, 0.3) is 0 Å². The molecule has 0 saturated heterocycles. The number of benzene rings is 2. The number of esters is 1. The number of nitrogens with zero attached hydrogens (tertiary/aromatic N) is 1. The second-order valence-electron chi connectivity index (χ2n) is 5.70. The molecule has 132 valence electrons. The highest BCUT2D eigenvalue weighted by atomic mass is 16.5. The number of amides is 2. The molecule has 0 radical (unpaired) electrons. The van der Waals surface area contributed by atoms with Gasteiger partial charge in [-0.2, -0.15) is 0 Å². The molecule has 6 heteroatoms. The molecule has 2 aromatic rings. The van der Waals surface area contributed by atoms with Crippen LogP contribution in [0.15, 0.2) is 54.6 Å². The number of hydrogen-bond acceptors (Lipinski definition) is 4. The van der Waals surface area contributed by atoms with E-state index in [0.29, 0.717) is 17.8 Å². The molecular weight excluding hydrogens is 318 g/mol. The maximum Gasteiger partial charge on any atom is 0.337 e. The highest BCUT2D eigenvalue weighted by Crippen LogP contribution is 2.14. The zero-order valence-electron chi connectivity index (χ0n) is 14.7. The highest BCUT2D eigenvalue weighted by molar-refractivity contribution is 5.93. The second kappa shape index (κ2) is 8.73. The Kier molecular flexibility index (Phi) is 6.39. The fraction of sp³-hybridized carbons (Fsp3) is 0.263. The molecule has 0 spiro atoms. The number of urea groups is 1. The normalized spacial score (nSPS) is 11.3. The summed E-state index contributed by atoms with van der Waals surface area (Å²) in [6.45, 7) is 2.51. The molecule has 2 rings (SSSR count). The first-order valence-electron chi connectivity index (χ1n) is 8.02. The van der Waals surface area contributed by atoms with Crippen molar-refractivity contribution in [2.45, 2.75) is 13.0 Å². The summed E-state index contributed by atoms with van der Waals surface area (Å²) in [4.78, 5) is 25.7. The third kappa shape index (κ3) is 5.24. The van der Waals surface area contributed by atoms with Crippen molar-refractivity contribution in [1.82, 2.24) is 5.32 Å². The van der Waals surface area contributed by atoms with E-state index in [1.807, 2.05) is 44.3 Å². The topological polar surface area (TPSA) is 70.7 Å². The predicted octanol–water partition coefficient (Wildman–Crippen LogP) is 3.12. The summed E-state index contributed by atoms with van der Waals surface area (Å²) < 4.78 is 4.67. The maximum atomic E-state index is 12.1. The van der Waals surface area contributed by atoms with Gasteiger partial charge in [0.2, 0.25) is 0 Å². The van der Waals surface area contributed by atoms with Crippen LogP contribution < -0.4 is 15.5 Å². The van der Waals surface area contributed by atoms with Gasteiger partial charge >= 0.3 is 12.0 Å². The Hall–Kier alpha value is -3.02. The van der Waals surface area contributed by atoms with Gasteiger partial charge in [0.1, 0.15) is 0 Å². The van der Waals surface area contributed by atoms with Crippen LogP contribution in [-0.2, 0) is 4.74 Å². The van der Waals surface area contributed by atoms with Crippen LogP contribution in [0.25, 0.3) is 0 Å².